The van der Waals surface area contributed by atoms with Gasteiger partial charge < -0.3 is 10.1 Å². The van der Waals surface area contributed by atoms with E-state index in [-0.39, 0.29) is 5.60 Å². The van der Waals surface area contributed by atoms with E-state index in [4.69, 9.17) is 4.74 Å². The zero-order chi connectivity index (χ0) is 11.4. The van der Waals surface area contributed by atoms with Crippen molar-refractivity contribution in [1.82, 2.24) is 5.32 Å². The summed E-state index contributed by atoms with van der Waals surface area (Å²) in [6.07, 6.45) is 10.8. The fourth-order valence-corrected chi connectivity index (χ4v) is 2.87. The van der Waals surface area contributed by atoms with E-state index in [0.29, 0.717) is 6.10 Å². The van der Waals surface area contributed by atoms with Gasteiger partial charge in [0.1, 0.15) is 0 Å². The van der Waals surface area contributed by atoms with Crippen molar-refractivity contribution < 1.29 is 4.74 Å². The SMILES string of the molecule is CCCC(C)OC1(CNC2CC2)CCCC1. The minimum Gasteiger partial charge on any atom is -0.371 e. The van der Waals surface area contributed by atoms with Gasteiger partial charge in [0, 0.05) is 12.6 Å². The smallest absolute Gasteiger partial charge is 0.0810 e. The summed E-state index contributed by atoms with van der Waals surface area (Å²) in [7, 11) is 0. The van der Waals surface area contributed by atoms with Gasteiger partial charge >= 0.3 is 0 Å². The van der Waals surface area contributed by atoms with E-state index in [2.05, 4.69) is 19.2 Å². The number of rotatable bonds is 7. The fourth-order valence-electron chi connectivity index (χ4n) is 2.87. The van der Waals surface area contributed by atoms with Crippen molar-refractivity contribution in [2.24, 2.45) is 0 Å². The molecule has 16 heavy (non-hydrogen) atoms. The molecule has 1 unspecified atom stereocenters. The second-order valence-electron chi connectivity index (χ2n) is 5.76. The normalized spacial score (nSPS) is 25.9. The van der Waals surface area contributed by atoms with Crippen molar-refractivity contribution >= 4 is 0 Å². The molecule has 2 rings (SSSR count). The number of hydrogen-bond donors (Lipinski definition) is 1. The van der Waals surface area contributed by atoms with Gasteiger partial charge in [-0.25, -0.2) is 0 Å². The van der Waals surface area contributed by atoms with Gasteiger partial charge in [0.15, 0.2) is 0 Å². The topological polar surface area (TPSA) is 21.3 Å². The lowest BCUT2D eigenvalue weighted by Crippen LogP contribution is -2.43. The number of nitrogens with one attached hydrogen (secondary N) is 1. The van der Waals surface area contributed by atoms with E-state index in [1.807, 2.05) is 0 Å². The van der Waals surface area contributed by atoms with Crippen LogP contribution < -0.4 is 5.32 Å². The van der Waals surface area contributed by atoms with Crippen LogP contribution >= 0.6 is 0 Å². The number of ether oxygens (including phenoxy) is 1. The van der Waals surface area contributed by atoms with Crippen LogP contribution in [0.2, 0.25) is 0 Å². The maximum Gasteiger partial charge on any atom is 0.0810 e. The minimum absolute atomic E-state index is 0.178. The highest BCUT2D eigenvalue weighted by atomic mass is 16.5. The summed E-state index contributed by atoms with van der Waals surface area (Å²) in [5.41, 5.74) is 0.178. The van der Waals surface area contributed by atoms with Crippen molar-refractivity contribution in [3.63, 3.8) is 0 Å². The van der Waals surface area contributed by atoms with Crippen molar-refractivity contribution in [2.75, 3.05) is 6.54 Å². The maximum absolute atomic E-state index is 6.36. The summed E-state index contributed by atoms with van der Waals surface area (Å²) in [6.45, 7) is 5.57. The Morgan fingerprint density at radius 2 is 2.00 bits per heavy atom. The first-order chi connectivity index (χ1) is 7.74. The summed E-state index contributed by atoms with van der Waals surface area (Å²) in [6, 6.07) is 0.808. The predicted octanol–water partition coefficient (Wildman–Crippen LogP) is 3.26. The maximum atomic E-state index is 6.36. The van der Waals surface area contributed by atoms with Crippen LogP contribution in [0.5, 0.6) is 0 Å². The third-order valence-corrected chi connectivity index (χ3v) is 3.95. The molecule has 94 valence electrons. The molecule has 0 aliphatic heterocycles. The zero-order valence-electron chi connectivity index (χ0n) is 10.9. The van der Waals surface area contributed by atoms with Crippen LogP contribution in [0.3, 0.4) is 0 Å². The second-order valence-corrected chi connectivity index (χ2v) is 5.76. The molecule has 1 N–H and O–H groups in total. The summed E-state index contributed by atoms with van der Waals surface area (Å²) in [4.78, 5) is 0. The van der Waals surface area contributed by atoms with Gasteiger partial charge in [0.05, 0.1) is 11.7 Å². The lowest BCUT2D eigenvalue weighted by molar-refractivity contribution is -0.0842. The molecular weight excluding hydrogens is 198 g/mol. The van der Waals surface area contributed by atoms with E-state index in [1.54, 1.807) is 0 Å². The van der Waals surface area contributed by atoms with Crippen LogP contribution in [0.4, 0.5) is 0 Å². The van der Waals surface area contributed by atoms with Crippen LogP contribution in [0.15, 0.2) is 0 Å². The van der Waals surface area contributed by atoms with Crippen LogP contribution in [0.25, 0.3) is 0 Å². The third-order valence-electron chi connectivity index (χ3n) is 3.95. The lowest BCUT2D eigenvalue weighted by Gasteiger charge is -2.33. The van der Waals surface area contributed by atoms with Crippen molar-refractivity contribution in [1.29, 1.82) is 0 Å². The van der Waals surface area contributed by atoms with Gasteiger partial charge in [0.25, 0.3) is 0 Å². The third kappa shape index (κ3) is 3.46. The van der Waals surface area contributed by atoms with Gasteiger partial charge in [-0.1, -0.05) is 26.2 Å². The summed E-state index contributed by atoms with van der Waals surface area (Å²) >= 11 is 0. The van der Waals surface area contributed by atoms with Crippen molar-refractivity contribution in [3.8, 4) is 0 Å². The highest BCUT2D eigenvalue weighted by Gasteiger charge is 2.37. The Balaban J connectivity index is 1.81. The van der Waals surface area contributed by atoms with E-state index >= 15 is 0 Å². The molecule has 2 nitrogen and oxygen atoms in total. The first-order valence-corrected chi connectivity index (χ1v) is 7.15. The molecule has 2 aliphatic rings. The Labute approximate surface area is 100 Å². The molecule has 0 aromatic carbocycles. The Kier molecular flexibility index (Phi) is 4.26. The summed E-state index contributed by atoms with van der Waals surface area (Å²) in [5.74, 6) is 0. The molecule has 0 heterocycles. The molecule has 0 aromatic rings. The molecule has 0 bridgehead atoms. The molecule has 0 spiro atoms. The molecule has 2 saturated carbocycles. The fraction of sp³-hybridized carbons (Fsp3) is 1.00. The second kappa shape index (κ2) is 5.50. The van der Waals surface area contributed by atoms with Crippen molar-refractivity contribution in [2.45, 2.75) is 83.0 Å². The van der Waals surface area contributed by atoms with Crippen molar-refractivity contribution in [3.05, 3.63) is 0 Å². The Morgan fingerprint density at radius 1 is 1.31 bits per heavy atom. The van der Waals surface area contributed by atoms with E-state index < -0.39 is 0 Å². The van der Waals surface area contributed by atoms with Gasteiger partial charge in [-0.3, -0.25) is 0 Å². The molecule has 2 aliphatic carbocycles. The minimum atomic E-state index is 0.178. The quantitative estimate of drug-likeness (QED) is 0.718. The van der Waals surface area contributed by atoms with Gasteiger partial charge in [0.2, 0.25) is 0 Å². The zero-order valence-corrected chi connectivity index (χ0v) is 10.9. The lowest BCUT2D eigenvalue weighted by atomic mass is 10.0. The average Bonchev–Trinajstić information content (AvgIpc) is 2.98. The van der Waals surface area contributed by atoms with Crippen LogP contribution in [0, 0.1) is 0 Å². The molecular formula is C14H27NO. The van der Waals surface area contributed by atoms with E-state index in [0.717, 1.165) is 12.6 Å². The largest absolute Gasteiger partial charge is 0.371 e. The highest BCUT2D eigenvalue weighted by Crippen LogP contribution is 2.35. The number of hydrogen-bond acceptors (Lipinski definition) is 2. The Hall–Kier alpha value is -0.0800. The standard InChI is InChI=1S/C14H27NO/c1-3-6-12(2)16-14(9-4-5-10-14)11-15-13-7-8-13/h12-13,15H,3-11H2,1-2H3. The van der Waals surface area contributed by atoms with Crippen LogP contribution in [-0.2, 0) is 4.74 Å². The monoisotopic (exact) mass is 225 g/mol. The van der Waals surface area contributed by atoms with E-state index in [1.165, 1.54) is 51.4 Å². The van der Waals surface area contributed by atoms with Gasteiger partial charge in [-0.2, -0.15) is 0 Å². The van der Waals surface area contributed by atoms with Crippen LogP contribution in [-0.4, -0.2) is 24.3 Å². The average molecular weight is 225 g/mol. The molecule has 1 atom stereocenters. The molecule has 2 heteroatoms. The molecule has 0 amide bonds. The highest BCUT2D eigenvalue weighted by molar-refractivity contribution is 4.92. The molecule has 0 aromatic heterocycles. The molecule has 2 fully saturated rings. The van der Waals surface area contributed by atoms with Gasteiger partial charge in [-0.05, 0) is 39.0 Å². The van der Waals surface area contributed by atoms with Gasteiger partial charge in [-0.15, -0.1) is 0 Å². The molecule has 0 saturated heterocycles. The Bertz CT molecular complexity index is 207. The first-order valence-electron chi connectivity index (χ1n) is 7.15. The summed E-state index contributed by atoms with van der Waals surface area (Å²) in [5, 5.41) is 3.66. The first kappa shape index (κ1) is 12.4. The Morgan fingerprint density at radius 3 is 2.56 bits per heavy atom. The predicted molar refractivity (Wildman–Crippen MR) is 67.7 cm³/mol. The summed E-state index contributed by atoms with van der Waals surface area (Å²) < 4.78 is 6.36. The molecule has 0 radical (unpaired) electrons. The van der Waals surface area contributed by atoms with E-state index in [9.17, 15) is 0 Å². The van der Waals surface area contributed by atoms with Crippen LogP contribution in [0.1, 0.15) is 65.2 Å².